The SMILES string of the molecule is COc1ccc([C@@H]2[C@@H](C(=O)Nc3ccccc3)CC(=O)N2c2ccccc2)cc1. The van der Waals surface area contributed by atoms with E-state index in [9.17, 15) is 9.59 Å². The van der Waals surface area contributed by atoms with E-state index in [0.717, 1.165) is 22.7 Å². The molecule has 29 heavy (non-hydrogen) atoms. The van der Waals surface area contributed by atoms with Crippen LogP contribution in [0.1, 0.15) is 18.0 Å². The minimum atomic E-state index is -0.503. The van der Waals surface area contributed by atoms with Crippen molar-refractivity contribution in [2.24, 2.45) is 5.92 Å². The van der Waals surface area contributed by atoms with E-state index in [1.165, 1.54) is 0 Å². The van der Waals surface area contributed by atoms with Gasteiger partial charge in [-0.15, -0.1) is 0 Å². The molecule has 0 radical (unpaired) electrons. The van der Waals surface area contributed by atoms with E-state index in [0.29, 0.717) is 0 Å². The number of hydrogen-bond acceptors (Lipinski definition) is 3. The van der Waals surface area contributed by atoms with Crippen molar-refractivity contribution < 1.29 is 14.3 Å². The van der Waals surface area contributed by atoms with Gasteiger partial charge in [-0.2, -0.15) is 0 Å². The smallest absolute Gasteiger partial charge is 0.230 e. The maximum atomic E-state index is 13.1. The summed E-state index contributed by atoms with van der Waals surface area (Å²) in [5.74, 6) is -0.0000391. The van der Waals surface area contributed by atoms with Crippen LogP contribution in [0.2, 0.25) is 0 Å². The van der Waals surface area contributed by atoms with E-state index in [4.69, 9.17) is 4.74 Å². The molecule has 0 aliphatic carbocycles. The van der Waals surface area contributed by atoms with Crippen LogP contribution in [0.5, 0.6) is 5.75 Å². The molecule has 5 nitrogen and oxygen atoms in total. The molecule has 0 unspecified atom stereocenters. The fourth-order valence-electron chi connectivity index (χ4n) is 3.80. The number of hydrogen-bond donors (Lipinski definition) is 1. The Morgan fingerprint density at radius 1 is 0.931 bits per heavy atom. The summed E-state index contributed by atoms with van der Waals surface area (Å²) in [7, 11) is 1.61. The summed E-state index contributed by atoms with van der Waals surface area (Å²) in [5.41, 5.74) is 2.40. The predicted octanol–water partition coefficient (Wildman–Crippen LogP) is 4.43. The third-order valence-corrected chi connectivity index (χ3v) is 5.19. The van der Waals surface area contributed by atoms with Crippen LogP contribution in [0.15, 0.2) is 84.9 Å². The van der Waals surface area contributed by atoms with Gasteiger partial charge in [0.2, 0.25) is 11.8 Å². The largest absolute Gasteiger partial charge is 0.497 e. The van der Waals surface area contributed by atoms with Crippen LogP contribution >= 0.6 is 0 Å². The molecule has 146 valence electrons. The second-order valence-corrected chi connectivity index (χ2v) is 6.98. The van der Waals surface area contributed by atoms with Crippen molar-refractivity contribution in [3.8, 4) is 5.75 Å². The molecule has 1 heterocycles. The number of benzene rings is 3. The molecule has 1 N–H and O–H groups in total. The summed E-state index contributed by atoms with van der Waals surface area (Å²) in [4.78, 5) is 27.8. The maximum absolute atomic E-state index is 13.1. The number of carbonyl (C=O) groups is 2. The Morgan fingerprint density at radius 3 is 2.17 bits per heavy atom. The van der Waals surface area contributed by atoms with Crippen LogP contribution in [-0.4, -0.2) is 18.9 Å². The Morgan fingerprint density at radius 2 is 1.55 bits per heavy atom. The monoisotopic (exact) mass is 386 g/mol. The first kappa shape index (κ1) is 18.7. The van der Waals surface area contributed by atoms with E-state index >= 15 is 0 Å². The van der Waals surface area contributed by atoms with Crippen LogP contribution < -0.4 is 15.0 Å². The van der Waals surface area contributed by atoms with Crippen LogP contribution in [0.25, 0.3) is 0 Å². The zero-order chi connectivity index (χ0) is 20.2. The highest BCUT2D eigenvalue weighted by atomic mass is 16.5. The highest BCUT2D eigenvalue weighted by molar-refractivity contribution is 6.04. The van der Waals surface area contributed by atoms with Gasteiger partial charge in [0.25, 0.3) is 0 Å². The van der Waals surface area contributed by atoms with E-state index in [-0.39, 0.29) is 24.3 Å². The summed E-state index contributed by atoms with van der Waals surface area (Å²) in [6.07, 6.45) is 0.157. The average Bonchev–Trinajstić information content (AvgIpc) is 3.12. The number of para-hydroxylation sites is 2. The molecule has 5 heteroatoms. The maximum Gasteiger partial charge on any atom is 0.230 e. The van der Waals surface area contributed by atoms with Crippen molar-refractivity contribution in [3.05, 3.63) is 90.5 Å². The van der Waals surface area contributed by atoms with Gasteiger partial charge in [0, 0.05) is 17.8 Å². The molecule has 1 fully saturated rings. The fraction of sp³-hybridized carbons (Fsp3) is 0.167. The molecule has 2 amide bonds. The van der Waals surface area contributed by atoms with E-state index in [1.807, 2.05) is 84.9 Å². The first-order chi connectivity index (χ1) is 14.2. The molecule has 0 bridgehead atoms. The highest BCUT2D eigenvalue weighted by Gasteiger charge is 2.45. The Labute approximate surface area is 169 Å². The lowest BCUT2D eigenvalue weighted by molar-refractivity contribution is -0.122. The van der Waals surface area contributed by atoms with Gasteiger partial charge in [0.15, 0.2) is 0 Å². The number of nitrogens with zero attached hydrogens (tertiary/aromatic N) is 1. The van der Waals surface area contributed by atoms with Crippen molar-refractivity contribution in [2.45, 2.75) is 12.5 Å². The van der Waals surface area contributed by atoms with Crippen molar-refractivity contribution >= 4 is 23.2 Å². The number of rotatable bonds is 5. The first-order valence-corrected chi connectivity index (χ1v) is 9.54. The molecule has 1 aliphatic rings. The summed E-state index contributed by atoms with van der Waals surface area (Å²) >= 11 is 0. The molecular weight excluding hydrogens is 364 g/mol. The lowest BCUT2D eigenvalue weighted by atomic mass is 9.92. The zero-order valence-electron chi connectivity index (χ0n) is 16.1. The minimum Gasteiger partial charge on any atom is -0.497 e. The summed E-state index contributed by atoms with van der Waals surface area (Å²) in [5, 5.41) is 2.96. The minimum absolute atomic E-state index is 0.0646. The highest BCUT2D eigenvalue weighted by Crippen LogP contribution is 2.42. The molecule has 2 atom stereocenters. The second kappa shape index (κ2) is 8.19. The Balaban J connectivity index is 1.71. The number of amides is 2. The van der Waals surface area contributed by atoms with Gasteiger partial charge in [0.1, 0.15) is 5.75 Å². The Kier molecular flexibility index (Phi) is 5.29. The third-order valence-electron chi connectivity index (χ3n) is 5.19. The van der Waals surface area contributed by atoms with E-state index in [1.54, 1.807) is 12.0 Å². The van der Waals surface area contributed by atoms with Crippen molar-refractivity contribution in [3.63, 3.8) is 0 Å². The summed E-state index contributed by atoms with van der Waals surface area (Å²) in [6, 6.07) is 25.9. The van der Waals surface area contributed by atoms with Gasteiger partial charge in [-0.3, -0.25) is 9.59 Å². The second-order valence-electron chi connectivity index (χ2n) is 6.98. The molecule has 3 aromatic rings. The van der Waals surface area contributed by atoms with E-state index < -0.39 is 5.92 Å². The number of methoxy groups -OCH3 is 1. The Hall–Kier alpha value is -3.60. The van der Waals surface area contributed by atoms with Gasteiger partial charge in [-0.25, -0.2) is 0 Å². The molecule has 0 spiro atoms. The van der Waals surface area contributed by atoms with Gasteiger partial charge < -0.3 is 15.0 Å². The van der Waals surface area contributed by atoms with Gasteiger partial charge in [-0.05, 0) is 42.0 Å². The first-order valence-electron chi connectivity index (χ1n) is 9.54. The average molecular weight is 386 g/mol. The normalized spacial score (nSPS) is 18.5. The number of carbonyl (C=O) groups excluding carboxylic acids is 2. The van der Waals surface area contributed by atoms with Gasteiger partial charge in [-0.1, -0.05) is 48.5 Å². The van der Waals surface area contributed by atoms with Crippen molar-refractivity contribution in [1.29, 1.82) is 0 Å². The molecule has 0 aromatic heterocycles. The van der Waals surface area contributed by atoms with Gasteiger partial charge in [0.05, 0.1) is 19.1 Å². The third kappa shape index (κ3) is 3.85. The molecule has 1 saturated heterocycles. The van der Waals surface area contributed by atoms with Crippen LogP contribution in [-0.2, 0) is 9.59 Å². The topological polar surface area (TPSA) is 58.6 Å². The van der Waals surface area contributed by atoms with Crippen LogP contribution in [0, 0.1) is 5.92 Å². The number of anilines is 2. The fourth-order valence-corrected chi connectivity index (χ4v) is 3.80. The molecule has 0 saturated carbocycles. The molecular formula is C24H22N2O3. The van der Waals surface area contributed by atoms with Crippen LogP contribution in [0.4, 0.5) is 11.4 Å². The quantitative estimate of drug-likeness (QED) is 0.706. The standard InChI is InChI=1S/C24H22N2O3/c1-29-20-14-12-17(13-15-20)23-21(24(28)25-18-8-4-2-5-9-18)16-22(27)26(23)19-10-6-3-7-11-19/h2-15,21,23H,16H2,1H3,(H,25,28)/t21-,23+/m0/s1. The number of ether oxygens (including phenoxy) is 1. The predicted molar refractivity (Wildman–Crippen MR) is 113 cm³/mol. The molecule has 3 aromatic carbocycles. The van der Waals surface area contributed by atoms with Crippen LogP contribution in [0.3, 0.4) is 0 Å². The lowest BCUT2D eigenvalue weighted by Gasteiger charge is -2.28. The summed E-state index contributed by atoms with van der Waals surface area (Å²) < 4.78 is 5.26. The Bertz CT molecular complexity index is 988. The van der Waals surface area contributed by atoms with Crippen molar-refractivity contribution in [2.75, 3.05) is 17.3 Å². The summed E-state index contributed by atoms with van der Waals surface area (Å²) in [6.45, 7) is 0. The van der Waals surface area contributed by atoms with Crippen molar-refractivity contribution in [1.82, 2.24) is 0 Å². The lowest BCUT2D eigenvalue weighted by Crippen LogP contribution is -2.32. The molecule has 1 aliphatic heterocycles. The van der Waals surface area contributed by atoms with Gasteiger partial charge >= 0.3 is 0 Å². The number of nitrogens with one attached hydrogen (secondary N) is 1. The zero-order valence-corrected chi connectivity index (χ0v) is 16.1. The molecule has 4 rings (SSSR count). The van der Waals surface area contributed by atoms with E-state index in [2.05, 4.69) is 5.32 Å².